The summed E-state index contributed by atoms with van der Waals surface area (Å²) in [6.07, 6.45) is 2.24. The highest BCUT2D eigenvalue weighted by atomic mass is 79.9. The molecule has 1 aromatic carbocycles. The molecule has 3 aromatic rings. The Balaban J connectivity index is 2.36. The molecular formula is C15H14BrN3O2S. The second-order valence-electron chi connectivity index (χ2n) is 4.86. The Kier molecular flexibility index (Phi) is 3.78. The number of hydrogen-bond acceptors (Lipinski definition) is 4. The van der Waals surface area contributed by atoms with E-state index in [0.717, 1.165) is 11.1 Å². The van der Waals surface area contributed by atoms with Crippen molar-refractivity contribution in [3.63, 3.8) is 0 Å². The van der Waals surface area contributed by atoms with Crippen LogP contribution in [0.1, 0.15) is 18.4 Å². The van der Waals surface area contributed by atoms with Crippen molar-refractivity contribution in [2.45, 2.75) is 25.2 Å². The number of aromatic nitrogens is 3. The number of halogens is 1. The molecule has 5 nitrogen and oxygen atoms in total. The number of aryl methyl sites for hydroxylation is 2. The van der Waals surface area contributed by atoms with Crippen LogP contribution >= 0.6 is 15.9 Å². The fourth-order valence-electron chi connectivity index (χ4n) is 2.39. The third kappa shape index (κ3) is 2.34. The molecule has 0 unspecified atom stereocenters. The lowest BCUT2D eigenvalue weighted by molar-refractivity contribution is 0.588. The average molecular weight is 380 g/mol. The molecule has 7 heteroatoms. The van der Waals surface area contributed by atoms with E-state index in [1.807, 2.05) is 6.92 Å². The molecule has 0 fully saturated rings. The predicted molar refractivity (Wildman–Crippen MR) is 88.4 cm³/mol. The van der Waals surface area contributed by atoms with Crippen molar-refractivity contribution < 1.29 is 8.42 Å². The van der Waals surface area contributed by atoms with Crippen LogP contribution in [0, 0.1) is 6.92 Å². The Labute approximate surface area is 137 Å². The minimum Gasteiger partial charge on any atom is -0.237 e. The van der Waals surface area contributed by atoms with E-state index in [1.165, 1.54) is 3.97 Å². The van der Waals surface area contributed by atoms with Gasteiger partial charge in [-0.2, -0.15) is 0 Å². The smallest absolute Gasteiger partial charge is 0.237 e. The first-order chi connectivity index (χ1) is 10.4. The first kappa shape index (κ1) is 15.2. The molecule has 0 radical (unpaired) electrons. The summed E-state index contributed by atoms with van der Waals surface area (Å²) in [7, 11) is -3.69. The lowest BCUT2D eigenvalue weighted by Gasteiger charge is -2.08. The molecule has 0 N–H and O–H groups in total. The summed E-state index contributed by atoms with van der Waals surface area (Å²) in [5, 5.41) is 0.743. The van der Waals surface area contributed by atoms with E-state index in [1.54, 1.807) is 43.5 Å². The fourth-order valence-corrected chi connectivity index (χ4v) is 4.47. The van der Waals surface area contributed by atoms with Crippen LogP contribution in [0.2, 0.25) is 0 Å². The third-order valence-electron chi connectivity index (χ3n) is 3.39. The number of fused-ring (bicyclic) bond motifs is 1. The quantitative estimate of drug-likeness (QED) is 0.700. The van der Waals surface area contributed by atoms with Crippen molar-refractivity contribution in [2.24, 2.45) is 0 Å². The summed E-state index contributed by atoms with van der Waals surface area (Å²) in [6, 6.07) is 8.33. The molecular weight excluding hydrogens is 366 g/mol. The maximum absolute atomic E-state index is 12.9. The molecule has 0 saturated heterocycles. The molecule has 0 aliphatic rings. The van der Waals surface area contributed by atoms with Gasteiger partial charge in [0.05, 0.1) is 16.0 Å². The predicted octanol–water partition coefficient (Wildman–Crippen LogP) is 3.30. The Bertz CT molecular complexity index is 950. The summed E-state index contributed by atoms with van der Waals surface area (Å²) in [4.78, 5) is 8.97. The number of rotatable bonds is 3. The van der Waals surface area contributed by atoms with Crippen molar-refractivity contribution in [1.29, 1.82) is 0 Å². The standard InChI is InChI=1S/C15H14BrN3O2S/c1-3-13-14-12(16)9-19(15(14)18-10(2)17-13)22(20,21)11-7-5-4-6-8-11/h4-9H,3H2,1-2H3. The van der Waals surface area contributed by atoms with Crippen LogP contribution in [-0.4, -0.2) is 22.4 Å². The van der Waals surface area contributed by atoms with Crippen LogP contribution in [-0.2, 0) is 16.4 Å². The van der Waals surface area contributed by atoms with Crippen molar-refractivity contribution in [1.82, 2.24) is 13.9 Å². The van der Waals surface area contributed by atoms with Gasteiger partial charge in [-0.25, -0.2) is 22.4 Å². The van der Waals surface area contributed by atoms with Gasteiger partial charge in [0.2, 0.25) is 0 Å². The topological polar surface area (TPSA) is 64.8 Å². The van der Waals surface area contributed by atoms with Gasteiger partial charge in [-0.05, 0) is 41.4 Å². The zero-order chi connectivity index (χ0) is 15.9. The van der Waals surface area contributed by atoms with Crippen LogP contribution in [0.15, 0.2) is 45.9 Å². The summed E-state index contributed by atoms with van der Waals surface area (Å²) in [5.41, 5.74) is 1.23. The first-order valence-electron chi connectivity index (χ1n) is 6.80. The zero-order valence-electron chi connectivity index (χ0n) is 12.1. The molecule has 22 heavy (non-hydrogen) atoms. The van der Waals surface area contributed by atoms with E-state index in [4.69, 9.17) is 0 Å². The van der Waals surface area contributed by atoms with Gasteiger partial charge in [-0.1, -0.05) is 25.1 Å². The second kappa shape index (κ2) is 5.48. The first-order valence-corrected chi connectivity index (χ1v) is 9.03. The maximum Gasteiger partial charge on any atom is 0.269 e. The summed E-state index contributed by atoms with van der Waals surface area (Å²) in [5.74, 6) is 0.555. The molecule has 0 atom stereocenters. The number of hydrogen-bond donors (Lipinski definition) is 0. The molecule has 0 spiro atoms. The molecule has 2 heterocycles. The minimum atomic E-state index is -3.69. The van der Waals surface area contributed by atoms with Gasteiger partial charge in [0.25, 0.3) is 10.0 Å². The normalized spacial score (nSPS) is 12.0. The molecule has 2 aromatic heterocycles. The molecule has 0 bridgehead atoms. The zero-order valence-corrected chi connectivity index (χ0v) is 14.5. The molecule has 114 valence electrons. The van der Waals surface area contributed by atoms with Crippen molar-refractivity contribution >= 4 is 37.0 Å². The molecule has 0 aliphatic carbocycles. The van der Waals surface area contributed by atoms with Crippen molar-refractivity contribution in [2.75, 3.05) is 0 Å². The van der Waals surface area contributed by atoms with E-state index in [2.05, 4.69) is 25.9 Å². The SMILES string of the molecule is CCc1nc(C)nc2c1c(Br)cn2S(=O)(=O)c1ccccc1. The van der Waals surface area contributed by atoms with E-state index in [-0.39, 0.29) is 4.90 Å². The van der Waals surface area contributed by atoms with Crippen molar-refractivity contribution in [3.8, 4) is 0 Å². The van der Waals surface area contributed by atoms with Gasteiger partial charge in [-0.15, -0.1) is 0 Å². The Morgan fingerprint density at radius 2 is 1.86 bits per heavy atom. The largest absolute Gasteiger partial charge is 0.269 e. The second-order valence-corrected chi connectivity index (χ2v) is 7.53. The molecule has 0 saturated carbocycles. The van der Waals surface area contributed by atoms with Crippen LogP contribution in [0.5, 0.6) is 0 Å². The Morgan fingerprint density at radius 3 is 2.50 bits per heavy atom. The lowest BCUT2D eigenvalue weighted by Crippen LogP contribution is -2.13. The third-order valence-corrected chi connectivity index (χ3v) is 5.66. The van der Waals surface area contributed by atoms with E-state index in [0.29, 0.717) is 22.4 Å². The van der Waals surface area contributed by atoms with Gasteiger partial charge < -0.3 is 0 Å². The van der Waals surface area contributed by atoms with Gasteiger partial charge in [0, 0.05) is 10.7 Å². The van der Waals surface area contributed by atoms with Crippen LogP contribution < -0.4 is 0 Å². The van der Waals surface area contributed by atoms with Crippen LogP contribution in [0.25, 0.3) is 11.0 Å². The van der Waals surface area contributed by atoms with Gasteiger partial charge >= 0.3 is 0 Å². The van der Waals surface area contributed by atoms with E-state index >= 15 is 0 Å². The highest BCUT2D eigenvalue weighted by Crippen LogP contribution is 2.30. The number of nitrogens with zero attached hydrogens (tertiary/aromatic N) is 3. The highest BCUT2D eigenvalue weighted by molar-refractivity contribution is 9.10. The van der Waals surface area contributed by atoms with Gasteiger partial charge in [0.1, 0.15) is 5.82 Å². The minimum absolute atomic E-state index is 0.230. The lowest BCUT2D eigenvalue weighted by atomic mass is 10.2. The fraction of sp³-hybridized carbons (Fsp3) is 0.200. The summed E-state index contributed by atoms with van der Waals surface area (Å²) >= 11 is 3.43. The van der Waals surface area contributed by atoms with Crippen LogP contribution in [0.4, 0.5) is 0 Å². The maximum atomic E-state index is 12.9. The summed E-state index contributed by atoms with van der Waals surface area (Å²) < 4.78 is 27.6. The van der Waals surface area contributed by atoms with Crippen LogP contribution in [0.3, 0.4) is 0 Å². The Hall–Kier alpha value is -1.73. The van der Waals surface area contributed by atoms with Gasteiger partial charge in [0.15, 0.2) is 5.65 Å². The van der Waals surface area contributed by atoms with E-state index in [9.17, 15) is 8.42 Å². The molecule has 0 amide bonds. The van der Waals surface area contributed by atoms with Gasteiger partial charge in [-0.3, -0.25) is 0 Å². The molecule has 0 aliphatic heterocycles. The summed E-state index contributed by atoms with van der Waals surface area (Å²) in [6.45, 7) is 3.75. The average Bonchev–Trinajstić information content (AvgIpc) is 2.85. The number of benzene rings is 1. The monoisotopic (exact) mass is 379 g/mol. The van der Waals surface area contributed by atoms with Crippen molar-refractivity contribution in [3.05, 3.63) is 52.5 Å². The highest BCUT2D eigenvalue weighted by Gasteiger charge is 2.23. The Morgan fingerprint density at radius 1 is 1.18 bits per heavy atom. The molecule has 3 rings (SSSR count). The van der Waals surface area contributed by atoms with E-state index < -0.39 is 10.0 Å².